The van der Waals surface area contributed by atoms with Crippen LogP contribution in [0.4, 0.5) is 5.82 Å². The minimum Gasteiger partial charge on any atom is -0.367 e. The van der Waals surface area contributed by atoms with Crippen LogP contribution in [0, 0.1) is 0 Å². The highest BCUT2D eigenvalue weighted by Gasteiger charge is 2.07. The summed E-state index contributed by atoms with van der Waals surface area (Å²) >= 11 is 9.17. The van der Waals surface area contributed by atoms with E-state index in [4.69, 9.17) is 11.6 Å². The molecule has 1 heterocycles. The Kier molecular flexibility index (Phi) is 6.82. The van der Waals surface area contributed by atoms with Crippen LogP contribution in [0.2, 0.25) is 5.28 Å². The Bertz CT molecular complexity index is 347. The highest BCUT2D eigenvalue weighted by atomic mass is 79.9. The van der Waals surface area contributed by atoms with Crippen LogP contribution in [0.1, 0.15) is 46.0 Å². The first-order valence-electron chi connectivity index (χ1n) is 6.08. The lowest BCUT2D eigenvalue weighted by atomic mass is 10.1. The van der Waals surface area contributed by atoms with Crippen LogP contribution in [0.25, 0.3) is 0 Å². The van der Waals surface area contributed by atoms with Gasteiger partial charge in [0.2, 0.25) is 5.28 Å². The van der Waals surface area contributed by atoms with Gasteiger partial charge in [0.05, 0.1) is 4.47 Å². The van der Waals surface area contributed by atoms with Gasteiger partial charge in [-0.15, -0.1) is 0 Å². The Morgan fingerprint density at radius 2 is 2.18 bits per heavy atom. The number of anilines is 1. The normalized spacial score (nSPS) is 12.5. The maximum atomic E-state index is 5.76. The number of unbranched alkanes of at least 4 members (excludes halogenated alkanes) is 3. The van der Waals surface area contributed by atoms with Crippen molar-refractivity contribution in [1.29, 1.82) is 0 Å². The van der Waals surface area contributed by atoms with E-state index in [9.17, 15) is 0 Å². The first-order valence-corrected chi connectivity index (χ1v) is 7.25. The van der Waals surface area contributed by atoms with Crippen LogP contribution in [0.15, 0.2) is 10.7 Å². The molecule has 0 saturated heterocycles. The molecule has 96 valence electrons. The molecule has 5 heteroatoms. The van der Waals surface area contributed by atoms with Gasteiger partial charge in [0, 0.05) is 12.2 Å². The van der Waals surface area contributed by atoms with Gasteiger partial charge in [-0.1, -0.05) is 32.6 Å². The first kappa shape index (κ1) is 14.7. The summed E-state index contributed by atoms with van der Waals surface area (Å²) in [6.45, 7) is 4.38. The summed E-state index contributed by atoms with van der Waals surface area (Å²) in [4.78, 5) is 8.05. The van der Waals surface area contributed by atoms with E-state index in [1.165, 1.54) is 25.7 Å². The fourth-order valence-corrected chi connectivity index (χ4v) is 2.07. The molecule has 0 saturated carbocycles. The Morgan fingerprint density at radius 3 is 2.88 bits per heavy atom. The molecule has 0 aliphatic carbocycles. The molecule has 0 bridgehead atoms. The predicted molar refractivity (Wildman–Crippen MR) is 76.6 cm³/mol. The lowest BCUT2D eigenvalue weighted by Crippen LogP contribution is -2.16. The number of nitrogens with one attached hydrogen (secondary N) is 1. The quantitative estimate of drug-likeness (QED) is 0.586. The van der Waals surface area contributed by atoms with E-state index in [0.717, 1.165) is 16.7 Å². The monoisotopic (exact) mass is 319 g/mol. The summed E-state index contributed by atoms with van der Waals surface area (Å²) in [5, 5.41) is 3.62. The Balaban J connectivity index is 2.39. The van der Waals surface area contributed by atoms with Gasteiger partial charge >= 0.3 is 0 Å². The second-order valence-electron chi connectivity index (χ2n) is 4.23. The lowest BCUT2D eigenvalue weighted by molar-refractivity contribution is 0.592. The molecule has 0 amide bonds. The molecular weight excluding hydrogens is 302 g/mol. The van der Waals surface area contributed by atoms with Gasteiger partial charge in [-0.25, -0.2) is 4.98 Å². The Labute approximate surface area is 117 Å². The summed E-state index contributed by atoms with van der Waals surface area (Å²) in [5.41, 5.74) is 0. The fourth-order valence-electron chi connectivity index (χ4n) is 1.63. The standard InChI is InChI=1S/C12H19BrClN3/c1-3-4-5-6-7-9(2)16-11-10(13)8-15-12(14)17-11/h8-9H,3-7H2,1-2H3,(H,15,16,17). The second kappa shape index (κ2) is 7.88. The number of rotatable bonds is 7. The molecule has 3 nitrogen and oxygen atoms in total. The van der Waals surface area contributed by atoms with Crippen molar-refractivity contribution in [3.8, 4) is 0 Å². The summed E-state index contributed by atoms with van der Waals surface area (Å²) in [6.07, 6.45) is 7.95. The van der Waals surface area contributed by atoms with Crippen LogP contribution in [0.3, 0.4) is 0 Å². The van der Waals surface area contributed by atoms with E-state index < -0.39 is 0 Å². The van der Waals surface area contributed by atoms with E-state index in [1.54, 1.807) is 6.20 Å². The van der Waals surface area contributed by atoms with Crippen LogP contribution < -0.4 is 5.32 Å². The number of halogens is 2. The van der Waals surface area contributed by atoms with E-state index >= 15 is 0 Å². The second-order valence-corrected chi connectivity index (χ2v) is 5.42. The molecule has 1 unspecified atom stereocenters. The molecule has 1 rings (SSSR count). The molecule has 0 fully saturated rings. The van der Waals surface area contributed by atoms with Crippen molar-refractivity contribution in [2.75, 3.05) is 5.32 Å². The summed E-state index contributed by atoms with van der Waals surface area (Å²) in [6, 6.07) is 0.397. The predicted octanol–water partition coefficient (Wildman–Crippen LogP) is 4.66. The van der Waals surface area contributed by atoms with Crippen molar-refractivity contribution < 1.29 is 0 Å². The molecule has 0 spiro atoms. The zero-order valence-corrected chi connectivity index (χ0v) is 12.7. The van der Waals surface area contributed by atoms with E-state index in [-0.39, 0.29) is 5.28 Å². The van der Waals surface area contributed by atoms with Gasteiger partial charge in [-0.05, 0) is 40.9 Å². The van der Waals surface area contributed by atoms with Crippen molar-refractivity contribution in [2.24, 2.45) is 0 Å². The third kappa shape index (κ3) is 5.68. The smallest absolute Gasteiger partial charge is 0.224 e. The third-order valence-corrected chi connectivity index (χ3v) is 3.35. The molecule has 1 N–H and O–H groups in total. The average Bonchev–Trinajstić information content (AvgIpc) is 2.29. The minimum absolute atomic E-state index is 0.272. The van der Waals surface area contributed by atoms with Gasteiger partial charge in [0.15, 0.2) is 0 Å². The molecule has 0 aliphatic heterocycles. The van der Waals surface area contributed by atoms with Crippen molar-refractivity contribution in [2.45, 2.75) is 52.0 Å². The maximum Gasteiger partial charge on any atom is 0.224 e. The molecule has 0 aromatic carbocycles. The average molecular weight is 321 g/mol. The topological polar surface area (TPSA) is 37.8 Å². The van der Waals surface area contributed by atoms with E-state index in [0.29, 0.717) is 6.04 Å². The van der Waals surface area contributed by atoms with Crippen molar-refractivity contribution in [3.63, 3.8) is 0 Å². The Hall–Kier alpha value is -0.350. The van der Waals surface area contributed by atoms with Gasteiger partial charge in [0.25, 0.3) is 0 Å². The number of hydrogen-bond acceptors (Lipinski definition) is 3. The van der Waals surface area contributed by atoms with Crippen LogP contribution >= 0.6 is 27.5 Å². The summed E-state index contributed by atoms with van der Waals surface area (Å²) < 4.78 is 0.849. The minimum atomic E-state index is 0.272. The van der Waals surface area contributed by atoms with E-state index in [2.05, 4.69) is 45.1 Å². The molecular formula is C12H19BrClN3. The van der Waals surface area contributed by atoms with Crippen molar-refractivity contribution in [1.82, 2.24) is 9.97 Å². The van der Waals surface area contributed by atoms with Crippen molar-refractivity contribution in [3.05, 3.63) is 16.0 Å². The SMILES string of the molecule is CCCCCCC(C)Nc1nc(Cl)ncc1Br. The highest BCUT2D eigenvalue weighted by molar-refractivity contribution is 9.10. The fraction of sp³-hybridized carbons (Fsp3) is 0.667. The summed E-state index contributed by atoms with van der Waals surface area (Å²) in [7, 11) is 0. The number of nitrogens with zero attached hydrogens (tertiary/aromatic N) is 2. The van der Waals surface area contributed by atoms with Crippen LogP contribution in [-0.2, 0) is 0 Å². The molecule has 1 aromatic heterocycles. The first-order chi connectivity index (χ1) is 8.13. The maximum absolute atomic E-state index is 5.76. The lowest BCUT2D eigenvalue weighted by Gasteiger charge is -2.15. The van der Waals surface area contributed by atoms with E-state index in [1.807, 2.05) is 0 Å². The van der Waals surface area contributed by atoms with Gasteiger partial charge < -0.3 is 5.32 Å². The molecule has 0 radical (unpaired) electrons. The van der Waals surface area contributed by atoms with Gasteiger partial charge in [0.1, 0.15) is 5.82 Å². The zero-order chi connectivity index (χ0) is 12.7. The zero-order valence-electron chi connectivity index (χ0n) is 10.3. The van der Waals surface area contributed by atoms with Gasteiger partial charge in [-0.2, -0.15) is 4.98 Å². The van der Waals surface area contributed by atoms with Crippen LogP contribution in [0.5, 0.6) is 0 Å². The molecule has 1 aromatic rings. The largest absolute Gasteiger partial charge is 0.367 e. The van der Waals surface area contributed by atoms with Crippen LogP contribution in [-0.4, -0.2) is 16.0 Å². The molecule has 0 aliphatic rings. The highest BCUT2D eigenvalue weighted by Crippen LogP contribution is 2.21. The summed E-state index contributed by atoms with van der Waals surface area (Å²) in [5.74, 6) is 0.771. The number of aromatic nitrogens is 2. The molecule has 1 atom stereocenters. The molecule has 17 heavy (non-hydrogen) atoms. The third-order valence-electron chi connectivity index (χ3n) is 2.59. The van der Waals surface area contributed by atoms with Gasteiger partial charge in [-0.3, -0.25) is 0 Å². The number of hydrogen-bond donors (Lipinski definition) is 1. The Morgan fingerprint density at radius 1 is 1.41 bits per heavy atom. The van der Waals surface area contributed by atoms with Crippen molar-refractivity contribution >= 4 is 33.3 Å².